The molecule has 0 N–H and O–H groups in total. The van der Waals surface area contributed by atoms with Crippen LogP contribution in [0, 0.1) is 22.7 Å². The minimum atomic E-state index is 0.469. The molecule has 0 heterocycles. The molecule has 0 spiro atoms. The molecule has 98 valence electrons. The van der Waals surface area contributed by atoms with E-state index in [4.69, 9.17) is 0 Å². The first-order chi connectivity index (χ1) is 7.26. The van der Waals surface area contributed by atoms with Gasteiger partial charge in [-0.2, -0.15) is 0 Å². The van der Waals surface area contributed by atoms with Crippen molar-refractivity contribution in [3.63, 3.8) is 0 Å². The fourth-order valence-electron chi connectivity index (χ4n) is 3.25. The van der Waals surface area contributed by atoms with Crippen LogP contribution in [0.3, 0.4) is 0 Å². The summed E-state index contributed by atoms with van der Waals surface area (Å²) in [6.45, 7) is 19.3. The minimum absolute atomic E-state index is 0.469. The fraction of sp³-hybridized carbons (Fsp3) is 1.00. The number of hydrogen-bond acceptors (Lipinski definition) is 0. The highest BCUT2D eigenvalue weighted by Crippen LogP contribution is 2.54. The lowest BCUT2D eigenvalue weighted by molar-refractivity contribution is -0.0324. The molecule has 2 unspecified atom stereocenters. The maximum Gasteiger partial charge on any atom is -0.0247 e. The Morgan fingerprint density at radius 2 is 1.25 bits per heavy atom. The molecule has 0 heteroatoms. The molecule has 0 amide bonds. The highest BCUT2D eigenvalue weighted by atomic mass is 14.5. The Morgan fingerprint density at radius 1 is 0.812 bits per heavy atom. The van der Waals surface area contributed by atoms with Gasteiger partial charge in [-0.1, -0.05) is 68.2 Å². The van der Waals surface area contributed by atoms with Crippen molar-refractivity contribution in [3.8, 4) is 0 Å². The van der Waals surface area contributed by atoms with Gasteiger partial charge in [-0.25, -0.2) is 0 Å². The van der Waals surface area contributed by atoms with E-state index in [1.54, 1.807) is 0 Å². The van der Waals surface area contributed by atoms with E-state index >= 15 is 0 Å². The predicted molar refractivity (Wildman–Crippen MR) is 75.7 cm³/mol. The zero-order valence-electron chi connectivity index (χ0n) is 13.0. The van der Waals surface area contributed by atoms with Gasteiger partial charge in [0.15, 0.2) is 0 Å². The Bertz CT molecular complexity index is 192. The monoisotopic (exact) mass is 226 g/mol. The maximum absolute atomic E-state index is 2.52. The zero-order valence-corrected chi connectivity index (χ0v) is 13.0. The Kier molecular flexibility index (Phi) is 6.07. The summed E-state index contributed by atoms with van der Waals surface area (Å²) < 4.78 is 0. The Morgan fingerprint density at radius 3 is 1.50 bits per heavy atom. The van der Waals surface area contributed by atoms with Crippen LogP contribution in [0.2, 0.25) is 0 Å². The number of unbranched alkanes of at least 4 members (excludes halogenated alkanes) is 1. The van der Waals surface area contributed by atoms with Gasteiger partial charge in [0.2, 0.25) is 0 Å². The van der Waals surface area contributed by atoms with Crippen molar-refractivity contribution in [2.45, 2.75) is 81.1 Å². The summed E-state index contributed by atoms with van der Waals surface area (Å²) >= 11 is 0. The molecule has 0 nitrogen and oxygen atoms in total. The number of rotatable bonds is 7. The topological polar surface area (TPSA) is 0 Å². The van der Waals surface area contributed by atoms with Crippen molar-refractivity contribution in [1.29, 1.82) is 0 Å². The Labute approximate surface area is 104 Å². The van der Waals surface area contributed by atoms with E-state index in [0.717, 1.165) is 11.8 Å². The molecular formula is C16H34. The van der Waals surface area contributed by atoms with Gasteiger partial charge in [-0.15, -0.1) is 0 Å². The van der Waals surface area contributed by atoms with Gasteiger partial charge in [0.25, 0.3) is 0 Å². The Balaban J connectivity index is 5.13. The molecule has 0 bridgehead atoms. The van der Waals surface area contributed by atoms with Gasteiger partial charge < -0.3 is 0 Å². The molecule has 0 saturated carbocycles. The normalized spacial score (nSPS) is 19.9. The molecule has 0 radical (unpaired) electrons. The average Bonchev–Trinajstić information content (AvgIpc) is 2.23. The Hall–Kier alpha value is 0. The first-order valence-corrected chi connectivity index (χ1v) is 7.26. The lowest BCUT2D eigenvalue weighted by atomic mass is 9.53. The van der Waals surface area contributed by atoms with Gasteiger partial charge in [0.1, 0.15) is 0 Å². The van der Waals surface area contributed by atoms with E-state index in [2.05, 4.69) is 55.4 Å². The molecule has 2 atom stereocenters. The van der Waals surface area contributed by atoms with E-state index in [0.29, 0.717) is 10.8 Å². The van der Waals surface area contributed by atoms with Crippen molar-refractivity contribution >= 4 is 0 Å². The van der Waals surface area contributed by atoms with Gasteiger partial charge >= 0.3 is 0 Å². The van der Waals surface area contributed by atoms with Crippen molar-refractivity contribution in [3.05, 3.63) is 0 Å². The van der Waals surface area contributed by atoms with Gasteiger partial charge in [-0.05, 0) is 35.5 Å². The van der Waals surface area contributed by atoms with E-state index in [9.17, 15) is 0 Å². The molecule has 0 aliphatic heterocycles. The van der Waals surface area contributed by atoms with Crippen LogP contribution in [0.15, 0.2) is 0 Å². The third-order valence-electron chi connectivity index (χ3n) is 5.64. The third kappa shape index (κ3) is 2.81. The molecule has 0 aromatic rings. The van der Waals surface area contributed by atoms with Crippen LogP contribution in [0.25, 0.3) is 0 Å². The quantitative estimate of drug-likeness (QED) is 0.506. The van der Waals surface area contributed by atoms with Crippen LogP contribution < -0.4 is 0 Å². The highest BCUT2D eigenvalue weighted by molar-refractivity contribution is 4.95. The second-order valence-electron chi connectivity index (χ2n) is 6.60. The molecule has 0 fully saturated rings. The van der Waals surface area contributed by atoms with Crippen molar-refractivity contribution < 1.29 is 0 Å². The summed E-state index contributed by atoms with van der Waals surface area (Å²) in [5.41, 5.74) is 0.947. The van der Waals surface area contributed by atoms with E-state index in [1.165, 1.54) is 25.7 Å². The van der Waals surface area contributed by atoms with E-state index in [-0.39, 0.29) is 0 Å². The molecule has 0 aliphatic carbocycles. The summed E-state index contributed by atoms with van der Waals surface area (Å²) in [5.74, 6) is 1.54. The summed E-state index contributed by atoms with van der Waals surface area (Å²) in [6, 6.07) is 0. The van der Waals surface area contributed by atoms with Crippen molar-refractivity contribution in [2.24, 2.45) is 22.7 Å². The summed E-state index contributed by atoms with van der Waals surface area (Å²) in [6.07, 6.45) is 5.37. The summed E-state index contributed by atoms with van der Waals surface area (Å²) in [5, 5.41) is 0. The van der Waals surface area contributed by atoms with Crippen LogP contribution >= 0.6 is 0 Å². The van der Waals surface area contributed by atoms with Crippen LogP contribution in [0.1, 0.15) is 81.1 Å². The van der Waals surface area contributed by atoms with Crippen LogP contribution in [0.4, 0.5) is 0 Å². The summed E-state index contributed by atoms with van der Waals surface area (Å²) in [7, 11) is 0. The van der Waals surface area contributed by atoms with Crippen molar-refractivity contribution in [1.82, 2.24) is 0 Å². The molecule has 0 saturated heterocycles. The van der Waals surface area contributed by atoms with Crippen LogP contribution in [-0.2, 0) is 0 Å². The third-order valence-corrected chi connectivity index (χ3v) is 5.64. The molecule has 0 aromatic carbocycles. The zero-order chi connectivity index (χ0) is 13.0. The van der Waals surface area contributed by atoms with Gasteiger partial charge in [0.05, 0.1) is 0 Å². The van der Waals surface area contributed by atoms with Crippen LogP contribution in [-0.4, -0.2) is 0 Å². The van der Waals surface area contributed by atoms with E-state index in [1.807, 2.05) is 0 Å². The van der Waals surface area contributed by atoms with Crippen LogP contribution in [0.5, 0.6) is 0 Å². The second-order valence-corrected chi connectivity index (χ2v) is 6.60. The maximum atomic E-state index is 2.52. The summed E-state index contributed by atoms with van der Waals surface area (Å²) in [4.78, 5) is 0. The standard InChI is InChI=1S/C16H34/c1-9-11-12-16(8,14(5)6)15(7,10-2)13(3)4/h13-14H,9-12H2,1-8H3. The molecular weight excluding hydrogens is 192 g/mol. The SMILES string of the molecule is CCCCC(C)(C(C)C)C(C)(CC)C(C)C. The average molecular weight is 226 g/mol. The van der Waals surface area contributed by atoms with Gasteiger partial charge in [0, 0.05) is 0 Å². The van der Waals surface area contributed by atoms with Crippen molar-refractivity contribution in [2.75, 3.05) is 0 Å². The lowest BCUT2D eigenvalue weighted by Crippen LogP contribution is -2.44. The molecule has 0 rings (SSSR count). The molecule has 0 aliphatic rings. The van der Waals surface area contributed by atoms with Gasteiger partial charge in [-0.3, -0.25) is 0 Å². The fourth-order valence-corrected chi connectivity index (χ4v) is 3.25. The second kappa shape index (κ2) is 6.07. The highest BCUT2D eigenvalue weighted by Gasteiger charge is 2.46. The number of hydrogen-bond donors (Lipinski definition) is 0. The largest absolute Gasteiger partial charge is 0.0654 e. The first kappa shape index (κ1) is 16.0. The predicted octanol–water partition coefficient (Wildman–Crippen LogP) is 5.91. The van der Waals surface area contributed by atoms with E-state index < -0.39 is 0 Å². The first-order valence-electron chi connectivity index (χ1n) is 7.26. The molecule has 0 aromatic heterocycles. The lowest BCUT2D eigenvalue weighted by Gasteiger charge is -2.52. The minimum Gasteiger partial charge on any atom is -0.0654 e. The smallest absolute Gasteiger partial charge is 0.0247 e. The molecule has 16 heavy (non-hydrogen) atoms.